The first-order valence-electron chi connectivity index (χ1n) is 10.0. The molecule has 3 aromatic rings. The highest BCUT2D eigenvalue weighted by atomic mass is 32.2. The molecule has 2 N–H and O–H groups in total. The van der Waals surface area contributed by atoms with Gasteiger partial charge in [0, 0.05) is 17.5 Å². The zero-order chi connectivity index (χ0) is 21.7. The van der Waals surface area contributed by atoms with E-state index in [9.17, 15) is 9.59 Å². The third-order valence-corrected chi connectivity index (χ3v) is 5.97. The number of aryl methyl sites for hydroxylation is 1. The summed E-state index contributed by atoms with van der Waals surface area (Å²) in [5.74, 6) is 0.610. The minimum absolute atomic E-state index is 0.0107. The second-order valence-electron chi connectivity index (χ2n) is 7.50. The maximum absolute atomic E-state index is 12.7. The summed E-state index contributed by atoms with van der Waals surface area (Å²) in [4.78, 5) is 29.1. The van der Waals surface area contributed by atoms with Crippen LogP contribution >= 0.6 is 11.8 Å². The van der Waals surface area contributed by atoms with Crippen molar-refractivity contribution in [1.82, 2.24) is 4.57 Å². The molecule has 6 nitrogen and oxygen atoms in total. The van der Waals surface area contributed by atoms with Gasteiger partial charge in [0.2, 0.25) is 0 Å². The van der Waals surface area contributed by atoms with E-state index in [4.69, 9.17) is 4.74 Å². The molecular formula is C23H28N3O3S+. The summed E-state index contributed by atoms with van der Waals surface area (Å²) in [5, 5.41) is 4.04. The number of nitrogens with one attached hydrogen (secondary N) is 2. The van der Waals surface area contributed by atoms with E-state index in [-0.39, 0.29) is 11.5 Å². The van der Waals surface area contributed by atoms with E-state index in [0.29, 0.717) is 25.1 Å². The fraction of sp³-hybridized carbons (Fsp3) is 0.348. The zero-order valence-electron chi connectivity index (χ0n) is 17.8. The highest BCUT2D eigenvalue weighted by molar-refractivity contribution is 8.01. The van der Waals surface area contributed by atoms with E-state index >= 15 is 0 Å². The fourth-order valence-corrected chi connectivity index (χ4v) is 4.21. The molecule has 7 heteroatoms. The van der Waals surface area contributed by atoms with Crippen LogP contribution in [0.15, 0.2) is 58.2 Å². The highest BCUT2D eigenvalue weighted by Gasteiger charge is 2.30. The van der Waals surface area contributed by atoms with Gasteiger partial charge in [-0.15, -0.1) is 11.8 Å². The Kier molecular flexibility index (Phi) is 6.82. The average molecular weight is 427 g/mol. The molecule has 0 saturated carbocycles. The van der Waals surface area contributed by atoms with Gasteiger partial charge in [0.05, 0.1) is 13.2 Å². The Morgan fingerprint density at radius 3 is 2.57 bits per heavy atom. The van der Waals surface area contributed by atoms with Crippen LogP contribution in [0.25, 0.3) is 10.9 Å². The van der Waals surface area contributed by atoms with Gasteiger partial charge in [-0.1, -0.05) is 12.1 Å². The number of ether oxygens (including phenoxy) is 1. The number of aromatic nitrogens is 2. The van der Waals surface area contributed by atoms with Gasteiger partial charge in [0.15, 0.2) is 0 Å². The molecule has 0 aliphatic rings. The number of esters is 1. The van der Waals surface area contributed by atoms with Gasteiger partial charge in [0.25, 0.3) is 5.82 Å². The number of para-hydroxylation sites is 1. The summed E-state index contributed by atoms with van der Waals surface area (Å²) in [6.45, 7) is 9.00. The van der Waals surface area contributed by atoms with Crippen molar-refractivity contribution >= 4 is 34.3 Å². The summed E-state index contributed by atoms with van der Waals surface area (Å²) in [5.41, 5.74) is 1.82. The van der Waals surface area contributed by atoms with Crippen LogP contribution in [0.1, 0.15) is 26.6 Å². The quantitative estimate of drug-likeness (QED) is 0.439. The molecule has 3 rings (SSSR count). The topological polar surface area (TPSA) is 74.5 Å². The summed E-state index contributed by atoms with van der Waals surface area (Å²) in [6, 6.07) is 15.5. The summed E-state index contributed by atoms with van der Waals surface area (Å²) in [6.07, 6.45) is 0. The van der Waals surface area contributed by atoms with E-state index in [1.807, 2.05) is 76.2 Å². The molecule has 0 spiro atoms. The molecule has 0 amide bonds. The number of hydrogen-bond donors (Lipinski definition) is 1. The van der Waals surface area contributed by atoms with E-state index in [1.165, 1.54) is 11.8 Å². The number of carbonyl (C=O) groups excluding carboxylic acids is 1. The molecule has 158 valence electrons. The Bertz CT molecular complexity index is 1090. The number of anilines is 1. The van der Waals surface area contributed by atoms with Crippen LogP contribution in [0.2, 0.25) is 0 Å². The molecule has 2 aromatic carbocycles. The standard InChI is InChI=1S/C23H27N3O3S/c1-5-29-22(28)23(3,4)30-18-12-10-17(11-13-18)24-14-15-26-16(2)25-20-9-7-6-8-19(20)21(26)27/h6-13,24H,5,14-15H2,1-4H3/p+1. The third-order valence-electron chi connectivity index (χ3n) is 4.78. The average Bonchev–Trinajstić information content (AvgIpc) is 2.71. The SMILES string of the molecule is CCOC(=O)C(C)(C)Sc1ccc(NCCn2c(C)[nH+]c3ccccc3c2=O)cc1. The maximum atomic E-state index is 12.7. The lowest BCUT2D eigenvalue weighted by Crippen LogP contribution is -2.32. The lowest BCUT2D eigenvalue weighted by molar-refractivity contribution is -0.364. The van der Waals surface area contributed by atoms with Crippen LogP contribution in [-0.4, -0.2) is 28.4 Å². The van der Waals surface area contributed by atoms with Crippen molar-refractivity contribution in [3.63, 3.8) is 0 Å². The molecular weight excluding hydrogens is 398 g/mol. The van der Waals surface area contributed by atoms with E-state index < -0.39 is 4.75 Å². The van der Waals surface area contributed by atoms with Crippen molar-refractivity contribution in [2.45, 2.75) is 43.9 Å². The van der Waals surface area contributed by atoms with Crippen molar-refractivity contribution in [2.75, 3.05) is 18.5 Å². The minimum Gasteiger partial charge on any atom is -0.465 e. The molecule has 0 fully saturated rings. The van der Waals surface area contributed by atoms with Gasteiger partial charge in [-0.3, -0.25) is 4.79 Å². The van der Waals surface area contributed by atoms with Crippen molar-refractivity contribution in [1.29, 1.82) is 0 Å². The van der Waals surface area contributed by atoms with Crippen LogP contribution in [0.3, 0.4) is 0 Å². The number of rotatable bonds is 8. The minimum atomic E-state index is -0.643. The molecule has 0 atom stereocenters. The normalized spacial score (nSPS) is 11.5. The van der Waals surface area contributed by atoms with Crippen molar-refractivity contribution < 1.29 is 14.5 Å². The monoisotopic (exact) mass is 426 g/mol. The predicted molar refractivity (Wildman–Crippen MR) is 121 cm³/mol. The zero-order valence-corrected chi connectivity index (χ0v) is 18.6. The van der Waals surface area contributed by atoms with Crippen molar-refractivity contribution in [3.05, 3.63) is 64.7 Å². The number of H-pyrrole nitrogens is 1. The first-order valence-corrected chi connectivity index (χ1v) is 10.8. The van der Waals surface area contributed by atoms with Crippen molar-refractivity contribution in [2.24, 2.45) is 0 Å². The Hall–Kier alpha value is -2.80. The third kappa shape index (κ3) is 5.02. The lowest BCUT2D eigenvalue weighted by atomic mass is 10.2. The van der Waals surface area contributed by atoms with E-state index in [1.54, 1.807) is 4.57 Å². The fourth-order valence-electron chi connectivity index (χ4n) is 3.20. The number of thioether (sulfide) groups is 1. The second-order valence-corrected chi connectivity index (χ2v) is 9.19. The molecule has 0 radical (unpaired) electrons. The highest BCUT2D eigenvalue weighted by Crippen LogP contribution is 2.34. The van der Waals surface area contributed by atoms with Crippen LogP contribution in [-0.2, 0) is 16.1 Å². The predicted octanol–water partition coefficient (Wildman–Crippen LogP) is 3.67. The molecule has 0 aliphatic heterocycles. The molecule has 30 heavy (non-hydrogen) atoms. The number of carbonyl (C=O) groups is 1. The molecule has 0 unspecified atom stereocenters. The smallest absolute Gasteiger partial charge is 0.345 e. The largest absolute Gasteiger partial charge is 0.465 e. The van der Waals surface area contributed by atoms with Crippen LogP contribution in [0.4, 0.5) is 5.69 Å². The molecule has 0 aliphatic carbocycles. The Morgan fingerprint density at radius 2 is 1.87 bits per heavy atom. The maximum Gasteiger partial charge on any atom is 0.345 e. The van der Waals surface area contributed by atoms with Crippen LogP contribution in [0.5, 0.6) is 0 Å². The Labute approximate surface area is 180 Å². The first kappa shape index (κ1) is 21.9. The van der Waals surface area contributed by atoms with E-state index in [0.717, 1.165) is 21.9 Å². The molecule has 0 bridgehead atoms. The summed E-state index contributed by atoms with van der Waals surface area (Å²) < 4.78 is 6.25. The van der Waals surface area contributed by atoms with Crippen LogP contribution < -0.4 is 15.9 Å². The number of nitrogens with zero attached hydrogens (tertiary/aromatic N) is 1. The molecule has 1 heterocycles. The Morgan fingerprint density at radius 1 is 1.17 bits per heavy atom. The van der Waals surface area contributed by atoms with Crippen LogP contribution in [0, 0.1) is 6.92 Å². The number of hydrogen-bond acceptors (Lipinski definition) is 5. The Balaban J connectivity index is 1.62. The number of benzene rings is 2. The van der Waals surface area contributed by atoms with Gasteiger partial charge in [0.1, 0.15) is 22.2 Å². The summed E-state index contributed by atoms with van der Waals surface area (Å²) in [7, 11) is 0. The van der Waals surface area contributed by atoms with Gasteiger partial charge in [-0.25, -0.2) is 9.78 Å². The number of fused-ring (bicyclic) bond motifs is 1. The van der Waals surface area contributed by atoms with Gasteiger partial charge < -0.3 is 10.1 Å². The number of aromatic amines is 1. The van der Waals surface area contributed by atoms with Gasteiger partial charge >= 0.3 is 11.5 Å². The van der Waals surface area contributed by atoms with Gasteiger partial charge in [-0.05, 0) is 57.2 Å². The van der Waals surface area contributed by atoms with Crippen molar-refractivity contribution in [3.8, 4) is 0 Å². The first-order chi connectivity index (χ1) is 14.3. The summed E-state index contributed by atoms with van der Waals surface area (Å²) >= 11 is 1.48. The van der Waals surface area contributed by atoms with E-state index in [2.05, 4.69) is 10.3 Å². The molecule has 1 aromatic heterocycles. The lowest BCUT2D eigenvalue weighted by Gasteiger charge is -2.21. The van der Waals surface area contributed by atoms with Gasteiger partial charge in [-0.2, -0.15) is 4.57 Å². The molecule has 0 saturated heterocycles. The second kappa shape index (κ2) is 9.34.